The van der Waals surface area contributed by atoms with Crippen molar-refractivity contribution in [3.8, 4) is 21.8 Å². The summed E-state index contributed by atoms with van der Waals surface area (Å²) in [5.41, 5.74) is 3.80. The number of thiazole rings is 1. The Bertz CT molecular complexity index is 1200. The number of nitrogens with one attached hydrogen (secondary N) is 1. The molecule has 0 aliphatic rings. The fourth-order valence-corrected chi connectivity index (χ4v) is 4.64. The van der Waals surface area contributed by atoms with Gasteiger partial charge in [-0.2, -0.15) is 0 Å². The average molecular weight is 425 g/mol. The molecule has 4 nitrogen and oxygen atoms in total. The second-order valence-corrected chi connectivity index (χ2v) is 9.00. The summed E-state index contributed by atoms with van der Waals surface area (Å²) in [6, 6.07) is 22.3. The monoisotopic (exact) mass is 424 g/mol. The number of benzene rings is 3. The summed E-state index contributed by atoms with van der Waals surface area (Å²) in [5, 5.41) is 2.93. The van der Waals surface area contributed by atoms with Crippen LogP contribution in [0.1, 0.15) is 5.56 Å². The minimum absolute atomic E-state index is 0.0340. The quantitative estimate of drug-likeness (QED) is 0.469. The zero-order valence-corrected chi connectivity index (χ0v) is 16.9. The molecule has 7 heteroatoms. The Morgan fingerprint density at radius 1 is 0.862 bits per heavy atom. The number of rotatable bonds is 6. The SMILES string of the molecule is O=S(=O)(NCc1ccc(-c2nc(-c3ccccc3)cs2)cc1)c1ccc(F)cc1. The molecule has 0 aliphatic carbocycles. The molecule has 0 unspecified atom stereocenters. The molecule has 0 aliphatic heterocycles. The van der Waals surface area contributed by atoms with E-state index >= 15 is 0 Å². The van der Waals surface area contributed by atoms with Gasteiger partial charge < -0.3 is 0 Å². The third-order valence-corrected chi connectivity index (χ3v) is 6.67. The summed E-state index contributed by atoms with van der Waals surface area (Å²) in [5.74, 6) is -0.475. The molecule has 1 N–H and O–H groups in total. The van der Waals surface area contributed by atoms with Gasteiger partial charge in [0, 0.05) is 23.1 Å². The van der Waals surface area contributed by atoms with Crippen LogP contribution in [0.3, 0.4) is 0 Å². The number of halogens is 1. The first-order chi connectivity index (χ1) is 14.0. The van der Waals surface area contributed by atoms with Crippen LogP contribution in [0.15, 0.2) is 89.1 Å². The molecule has 0 radical (unpaired) electrons. The van der Waals surface area contributed by atoms with E-state index in [1.165, 1.54) is 12.1 Å². The lowest BCUT2D eigenvalue weighted by Gasteiger charge is -2.07. The van der Waals surface area contributed by atoms with E-state index in [0.717, 1.165) is 39.5 Å². The average Bonchev–Trinajstić information content (AvgIpc) is 3.24. The second kappa shape index (κ2) is 8.24. The summed E-state index contributed by atoms with van der Waals surface area (Å²) < 4.78 is 40.1. The Labute approximate surface area is 172 Å². The largest absolute Gasteiger partial charge is 0.240 e. The van der Waals surface area contributed by atoms with Crippen LogP contribution in [-0.4, -0.2) is 13.4 Å². The van der Waals surface area contributed by atoms with E-state index in [-0.39, 0.29) is 11.4 Å². The summed E-state index contributed by atoms with van der Waals surface area (Å²) in [4.78, 5) is 4.72. The molecule has 0 amide bonds. The highest BCUT2D eigenvalue weighted by atomic mass is 32.2. The highest BCUT2D eigenvalue weighted by Gasteiger charge is 2.14. The van der Waals surface area contributed by atoms with Gasteiger partial charge in [-0.25, -0.2) is 22.5 Å². The standard InChI is InChI=1S/C22H17FN2O2S2/c23-19-10-12-20(13-11-19)29(26,27)24-14-16-6-8-18(9-7-16)22-25-21(15-28-22)17-4-2-1-3-5-17/h1-13,15,24H,14H2. The zero-order valence-electron chi connectivity index (χ0n) is 15.2. The van der Waals surface area contributed by atoms with Crippen LogP contribution >= 0.6 is 11.3 Å². The van der Waals surface area contributed by atoms with Crippen LogP contribution in [-0.2, 0) is 16.6 Å². The maximum absolute atomic E-state index is 13.0. The Morgan fingerprint density at radius 2 is 1.55 bits per heavy atom. The van der Waals surface area contributed by atoms with Crippen LogP contribution in [0.5, 0.6) is 0 Å². The van der Waals surface area contributed by atoms with Crippen molar-refractivity contribution in [2.24, 2.45) is 0 Å². The second-order valence-electron chi connectivity index (χ2n) is 6.38. The number of hydrogen-bond acceptors (Lipinski definition) is 4. The Balaban J connectivity index is 1.44. The molecule has 4 rings (SSSR count). The van der Waals surface area contributed by atoms with Gasteiger partial charge >= 0.3 is 0 Å². The van der Waals surface area contributed by atoms with Gasteiger partial charge in [0.2, 0.25) is 10.0 Å². The molecule has 0 atom stereocenters. The van der Waals surface area contributed by atoms with Crippen LogP contribution in [0.2, 0.25) is 0 Å². The molecule has 0 spiro atoms. The number of aromatic nitrogens is 1. The minimum Gasteiger partial charge on any atom is -0.236 e. The van der Waals surface area contributed by atoms with Crippen molar-refractivity contribution in [2.45, 2.75) is 11.4 Å². The summed E-state index contributed by atoms with van der Waals surface area (Å²) in [6.45, 7) is 0.146. The van der Waals surface area contributed by atoms with Gasteiger partial charge in [-0.3, -0.25) is 0 Å². The fraction of sp³-hybridized carbons (Fsp3) is 0.0455. The Kier molecular flexibility index (Phi) is 5.53. The lowest BCUT2D eigenvalue weighted by molar-refractivity contribution is 0.580. The van der Waals surface area contributed by atoms with Crippen molar-refractivity contribution in [2.75, 3.05) is 0 Å². The lowest BCUT2D eigenvalue weighted by atomic mass is 10.1. The molecule has 0 saturated carbocycles. The maximum atomic E-state index is 13.0. The van der Waals surface area contributed by atoms with Crippen molar-refractivity contribution in [1.29, 1.82) is 0 Å². The molecular formula is C22H17FN2O2S2. The fourth-order valence-electron chi connectivity index (χ4n) is 2.79. The molecular weight excluding hydrogens is 407 g/mol. The number of nitrogens with zero attached hydrogens (tertiary/aromatic N) is 1. The smallest absolute Gasteiger partial charge is 0.236 e. The highest BCUT2D eigenvalue weighted by Crippen LogP contribution is 2.29. The van der Waals surface area contributed by atoms with Crippen molar-refractivity contribution in [3.05, 3.63) is 95.6 Å². The van der Waals surface area contributed by atoms with Crippen molar-refractivity contribution >= 4 is 21.4 Å². The predicted molar refractivity (Wildman–Crippen MR) is 113 cm³/mol. The molecule has 29 heavy (non-hydrogen) atoms. The topological polar surface area (TPSA) is 59.1 Å². The maximum Gasteiger partial charge on any atom is 0.240 e. The third-order valence-electron chi connectivity index (χ3n) is 4.36. The third kappa shape index (κ3) is 4.59. The lowest BCUT2D eigenvalue weighted by Crippen LogP contribution is -2.23. The van der Waals surface area contributed by atoms with Crippen LogP contribution < -0.4 is 4.72 Å². The first-order valence-corrected chi connectivity index (χ1v) is 11.2. The van der Waals surface area contributed by atoms with Gasteiger partial charge in [0.1, 0.15) is 10.8 Å². The molecule has 0 bridgehead atoms. The van der Waals surface area contributed by atoms with E-state index in [4.69, 9.17) is 0 Å². The van der Waals surface area contributed by atoms with E-state index in [1.807, 2.05) is 60.0 Å². The van der Waals surface area contributed by atoms with E-state index < -0.39 is 15.8 Å². The van der Waals surface area contributed by atoms with Gasteiger partial charge in [-0.1, -0.05) is 54.6 Å². The molecule has 0 saturated heterocycles. The predicted octanol–water partition coefficient (Wildman–Crippen LogP) is 5.09. The highest BCUT2D eigenvalue weighted by molar-refractivity contribution is 7.89. The van der Waals surface area contributed by atoms with E-state index in [0.29, 0.717) is 0 Å². The molecule has 4 aromatic rings. The van der Waals surface area contributed by atoms with Crippen molar-refractivity contribution in [1.82, 2.24) is 9.71 Å². The molecule has 1 heterocycles. The molecule has 3 aromatic carbocycles. The van der Waals surface area contributed by atoms with Gasteiger partial charge in [0.15, 0.2) is 0 Å². The van der Waals surface area contributed by atoms with Crippen molar-refractivity contribution in [3.63, 3.8) is 0 Å². The summed E-state index contributed by atoms with van der Waals surface area (Å²) >= 11 is 1.57. The van der Waals surface area contributed by atoms with Gasteiger partial charge in [0.25, 0.3) is 0 Å². The van der Waals surface area contributed by atoms with Crippen LogP contribution in [0.4, 0.5) is 4.39 Å². The van der Waals surface area contributed by atoms with E-state index in [9.17, 15) is 12.8 Å². The molecule has 1 aromatic heterocycles. The van der Waals surface area contributed by atoms with Crippen molar-refractivity contribution < 1.29 is 12.8 Å². The molecule has 146 valence electrons. The van der Waals surface area contributed by atoms with Crippen LogP contribution in [0.25, 0.3) is 21.8 Å². The Hall–Kier alpha value is -2.87. The minimum atomic E-state index is -3.69. The van der Waals surface area contributed by atoms with E-state index in [1.54, 1.807) is 11.3 Å². The first-order valence-electron chi connectivity index (χ1n) is 8.87. The number of sulfonamides is 1. The first kappa shape index (κ1) is 19.4. The van der Waals surface area contributed by atoms with Gasteiger partial charge in [-0.15, -0.1) is 11.3 Å². The Morgan fingerprint density at radius 3 is 2.24 bits per heavy atom. The molecule has 0 fully saturated rings. The van der Waals surface area contributed by atoms with Gasteiger partial charge in [0.05, 0.1) is 10.6 Å². The number of hydrogen-bond donors (Lipinski definition) is 1. The van der Waals surface area contributed by atoms with Gasteiger partial charge in [-0.05, 0) is 29.8 Å². The van der Waals surface area contributed by atoms with Crippen LogP contribution in [0, 0.1) is 5.82 Å². The zero-order chi connectivity index (χ0) is 20.3. The summed E-state index contributed by atoms with van der Waals surface area (Å²) in [6.07, 6.45) is 0. The normalized spacial score (nSPS) is 11.5. The van der Waals surface area contributed by atoms with E-state index in [2.05, 4.69) is 9.71 Å². The summed E-state index contributed by atoms with van der Waals surface area (Å²) in [7, 11) is -3.69.